The molecule has 0 aliphatic heterocycles. The fraction of sp³-hybridized carbons (Fsp3) is 0.0952. The number of hydrogen-bond acceptors (Lipinski definition) is 4. The largest absolute Gasteiger partial charge is 0.324 e. The molecule has 3 aromatic rings. The maximum Gasteiger partial charge on any atom is 0.264 e. The Hall–Kier alpha value is -2.48. The Kier molecular flexibility index (Phi) is 6.84. The third kappa shape index (κ3) is 5.32. The number of rotatable bonds is 7. The van der Waals surface area contributed by atoms with E-state index in [9.17, 15) is 13.2 Å². The molecular weight excluding hydrogens is 428 g/mol. The molecule has 1 N–H and O–H groups in total. The van der Waals surface area contributed by atoms with Gasteiger partial charge in [-0.1, -0.05) is 41.9 Å². The van der Waals surface area contributed by atoms with E-state index < -0.39 is 10.0 Å². The summed E-state index contributed by atoms with van der Waals surface area (Å²) in [6.45, 7) is 0. The summed E-state index contributed by atoms with van der Waals surface area (Å²) in [5.41, 5.74) is 1.15. The predicted octanol–water partition coefficient (Wildman–Crippen LogP) is 4.90. The Bertz CT molecular complexity index is 1090. The monoisotopic (exact) mass is 446 g/mol. The van der Waals surface area contributed by atoms with Gasteiger partial charge in [-0.25, -0.2) is 8.42 Å². The van der Waals surface area contributed by atoms with Gasteiger partial charge in [0, 0.05) is 11.9 Å². The lowest BCUT2D eigenvalue weighted by Crippen LogP contribution is -2.26. The van der Waals surface area contributed by atoms with E-state index in [0.29, 0.717) is 16.4 Å². The van der Waals surface area contributed by atoms with Crippen molar-refractivity contribution in [2.45, 2.75) is 9.79 Å². The average Bonchev–Trinajstić information content (AvgIpc) is 2.74. The van der Waals surface area contributed by atoms with Crippen molar-refractivity contribution in [3.8, 4) is 0 Å². The number of halogens is 1. The van der Waals surface area contributed by atoms with E-state index in [4.69, 9.17) is 11.6 Å². The van der Waals surface area contributed by atoms with Crippen LogP contribution < -0.4 is 9.62 Å². The van der Waals surface area contributed by atoms with Crippen LogP contribution in [0.25, 0.3) is 0 Å². The standard InChI is InChI=1S/C21H19ClN2O3S2/c1-24(16-7-3-2-4-8-16)29(26,27)18-13-11-17(12-14-18)28-15-21(25)23-20-10-6-5-9-19(20)22/h2-14H,15H2,1H3,(H,23,25). The van der Waals surface area contributed by atoms with Gasteiger partial charge in [-0.3, -0.25) is 9.10 Å². The number of carbonyl (C=O) groups is 1. The Morgan fingerprint density at radius 1 is 0.966 bits per heavy atom. The van der Waals surface area contributed by atoms with Crippen LogP contribution in [0, 0.1) is 0 Å². The van der Waals surface area contributed by atoms with Gasteiger partial charge >= 0.3 is 0 Å². The van der Waals surface area contributed by atoms with E-state index in [1.54, 1.807) is 72.8 Å². The van der Waals surface area contributed by atoms with Gasteiger partial charge in [-0.05, 0) is 48.5 Å². The van der Waals surface area contributed by atoms with Gasteiger partial charge in [0.1, 0.15) is 0 Å². The average molecular weight is 447 g/mol. The molecule has 5 nitrogen and oxygen atoms in total. The van der Waals surface area contributed by atoms with Crippen molar-refractivity contribution in [2.75, 3.05) is 22.4 Å². The second-order valence-electron chi connectivity index (χ2n) is 6.10. The molecule has 0 heterocycles. The highest BCUT2D eigenvalue weighted by atomic mass is 35.5. The highest BCUT2D eigenvalue weighted by molar-refractivity contribution is 8.00. The zero-order valence-electron chi connectivity index (χ0n) is 15.6. The maximum atomic E-state index is 12.8. The minimum atomic E-state index is -3.66. The topological polar surface area (TPSA) is 66.5 Å². The second kappa shape index (κ2) is 9.35. The quantitative estimate of drug-likeness (QED) is 0.524. The van der Waals surface area contributed by atoms with E-state index in [1.807, 2.05) is 6.07 Å². The van der Waals surface area contributed by atoms with Crippen molar-refractivity contribution in [1.82, 2.24) is 0 Å². The number of amides is 1. The molecule has 0 aliphatic carbocycles. The van der Waals surface area contributed by atoms with Gasteiger partial charge in [0.2, 0.25) is 5.91 Å². The van der Waals surface area contributed by atoms with Crippen LogP contribution in [0.2, 0.25) is 5.02 Å². The third-order valence-electron chi connectivity index (χ3n) is 4.12. The molecule has 0 radical (unpaired) electrons. The van der Waals surface area contributed by atoms with E-state index in [-0.39, 0.29) is 16.6 Å². The van der Waals surface area contributed by atoms with Crippen LogP contribution >= 0.6 is 23.4 Å². The van der Waals surface area contributed by atoms with Crippen molar-refractivity contribution >= 4 is 50.7 Å². The molecule has 0 spiro atoms. The molecule has 150 valence electrons. The molecular formula is C21H19ClN2O3S2. The fourth-order valence-electron chi connectivity index (χ4n) is 2.54. The van der Waals surface area contributed by atoms with E-state index in [0.717, 1.165) is 4.90 Å². The molecule has 0 aliphatic rings. The van der Waals surface area contributed by atoms with E-state index >= 15 is 0 Å². The van der Waals surface area contributed by atoms with Gasteiger partial charge < -0.3 is 5.32 Å². The number of thioether (sulfide) groups is 1. The number of hydrogen-bond donors (Lipinski definition) is 1. The second-order valence-corrected chi connectivity index (χ2v) is 9.52. The smallest absolute Gasteiger partial charge is 0.264 e. The van der Waals surface area contributed by atoms with Gasteiger partial charge in [-0.2, -0.15) is 0 Å². The summed E-state index contributed by atoms with van der Waals surface area (Å²) in [6.07, 6.45) is 0. The van der Waals surface area contributed by atoms with Crippen molar-refractivity contribution in [1.29, 1.82) is 0 Å². The first-order chi connectivity index (χ1) is 13.9. The zero-order chi connectivity index (χ0) is 20.9. The predicted molar refractivity (Wildman–Crippen MR) is 119 cm³/mol. The van der Waals surface area contributed by atoms with E-state index in [1.165, 1.54) is 23.1 Å². The first-order valence-electron chi connectivity index (χ1n) is 8.69. The lowest BCUT2D eigenvalue weighted by atomic mass is 10.3. The number of nitrogens with zero attached hydrogens (tertiary/aromatic N) is 1. The van der Waals surface area contributed by atoms with Crippen molar-refractivity contribution in [2.24, 2.45) is 0 Å². The summed E-state index contributed by atoms with van der Waals surface area (Å²) in [5, 5.41) is 3.23. The summed E-state index contributed by atoms with van der Waals surface area (Å²) >= 11 is 7.35. The van der Waals surface area contributed by atoms with Crippen LogP contribution in [0.4, 0.5) is 11.4 Å². The van der Waals surface area contributed by atoms with Crippen LogP contribution in [-0.4, -0.2) is 27.1 Å². The van der Waals surface area contributed by atoms with Gasteiger partial charge in [0.25, 0.3) is 10.0 Å². The molecule has 1 amide bonds. The van der Waals surface area contributed by atoms with Crippen LogP contribution in [0.5, 0.6) is 0 Å². The summed E-state index contributed by atoms with van der Waals surface area (Å²) in [5.74, 6) is -0.00932. The first-order valence-corrected chi connectivity index (χ1v) is 11.5. The molecule has 0 saturated carbocycles. The summed E-state index contributed by atoms with van der Waals surface area (Å²) in [6, 6.07) is 22.4. The minimum Gasteiger partial charge on any atom is -0.324 e. The van der Waals surface area contributed by atoms with Gasteiger partial charge in [0.15, 0.2) is 0 Å². The number of para-hydroxylation sites is 2. The molecule has 8 heteroatoms. The lowest BCUT2D eigenvalue weighted by Gasteiger charge is -2.19. The maximum absolute atomic E-state index is 12.8. The summed E-state index contributed by atoms with van der Waals surface area (Å²) < 4.78 is 26.8. The molecule has 0 aromatic heterocycles. The molecule has 0 atom stereocenters. The van der Waals surface area contributed by atoms with E-state index in [2.05, 4.69) is 5.32 Å². The number of nitrogens with one attached hydrogen (secondary N) is 1. The molecule has 0 fully saturated rings. The first kappa shape index (κ1) is 21.2. The SMILES string of the molecule is CN(c1ccccc1)S(=O)(=O)c1ccc(SCC(=O)Nc2ccccc2Cl)cc1. The number of sulfonamides is 1. The molecule has 3 rings (SSSR count). The highest BCUT2D eigenvalue weighted by Gasteiger charge is 2.21. The Labute approximate surface area is 179 Å². The number of benzene rings is 3. The molecule has 0 unspecified atom stereocenters. The number of anilines is 2. The van der Waals surface area contributed by atoms with Crippen LogP contribution in [0.15, 0.2) is 88.7 Å². The van der Waals surface area contributed by atoms with Crippen molar-refractivity contribution in [3.05, 3.63) is 83.9 Å². The van der Waals surface area contributed by atoms with Gasteiger partial charge in [-0.15, -0.1) is 11.8 Å². The Morgan fingerprint density at radius 2 is 1.59 bits per heavy atom. The Balaban J connectivity index is 1.63. The summed E-state index contributed by atoms with van der Waals surface area (Å²) in [4.78, 5) is 13.1. The lowest BCUT2D eigenvalue weighted by molar-refractivity contribution is -0.113. The molecule has 3 aromatic carbocycles. The summed E-state index contributed by atoms with van der Waals surface area (Å²) in [7, 11) is -2.14. The highest BCUT2D eigenvalue weighted by Crippen LogP contribution is 2.25. The zero-order valence-corrected chi connectivity index (χ0v) is 18.0. The van der Waals surface area contributed by atoms with Crippen molar-refractivity contribution in [3.63, 3.8) is 0 Å². The fourth-order valence-corrected chi connectivity index (χ4v) is 4.62. The third-order valence-corrected chi connectivity index (χ3v) is 7.26. The Morgan fingerprint density at radius 3 is 2.24 bits per heavy atom. The minimum absolute atomic E-state index is 0.182. The van der Waals surface area contributed by atoms with Crippen LogP contribution in [0.3, 0.4) is 0 Å². The molecule has 29 heavy (non-hydrogen) atoms. The molecule has 0 saturated heterocycles. The van der Waals surface area contributed by atoms with Crippen LogP contribution in [-0.2, 0) is 14.8 Å². The van der Waals surface area contributed by atoms with Crippen molar-refractivity contribution < 1.29 is 13.2 Å². The number of carbonyl (C=O) groups excluding carboxylic acids is 1. The molecule has 0 bridgehead atoms. The van der Waals surface area contributed by atoms with Crippen LogP contribution in [0.1, 0.15) is 0 Å². The van der Waals surface area contributed by atoms with Gasteiger partial charge in [0.05, 0.1) is 27.0 Å². The normalized spacial score (nSPS) is 11.1.